The molecule has 260 valence electrons. The van der Waals surface area contributed by atoms with Crippen LogP contribution in [-0.2, 0) is 23.8 Å². The minimum absolute atomic E-state index is 0.0688. The quantitative estimate of drug-likeness (QED) is 0.211. The van der Waals surface area contributed by atoms with E-state index in [1.165, 1.54) is 0 Å². The van der Waals surface area contributed by atoms with Crippen LogP contribution in [0.25, 0.3) is 0 Å². The first-order valence-electron chi connectivity index (χ1n) is 17.5. The van der Waals surface area contributed by atoms with E-state index in [0.29, 0.717) is 6.42 Å². The molecule has 2 heterocycles. The van der Waals surface area contributed by atoms with Crippen LogP contribution in [0.1, 0.15) is 99.3 Å². The summed E-state index contributed by atoms with van der Waals surface area (Å²) in [5.74, 6) is -0.300. The number of allylic oxidation sites excluding steroid dienone is 1. The summed E-state index contributed by atoms with van der Waals surface area (Å²) in [6.45, 7) is 17.1. The number of esters is 1. The highest BCUT2D eigenvalue weighted by molar-refractivity contribution is 5.76. The highest BCUT2D eigenvalue weighted by atomic mass is 16.7. The number of aliphatic hydroxyl groups excluding tert-OH is 4. The van der Waals surface area contributed by atoms with Crippen LogP contribution in [0.4, 0.5) is 0 Å². The topological polar surface area (TPSA) is 163 Å². The Bertz CT molecular complexity index is 1250. The Kier molecular flexibility index (Phi) is 8.38. The van der Waals surface area contributed by atoms with Crippen molar-refractivity contribution in [3.63, 3.8) is 0 Å². The van der Waals surface area contributed by atoms with Gasteiger partial charge in [-0.3, -0.25) is 9.59 Å². The molecule has 2 aliphatic heterocycles. The maximum absolute atomic E-state index is 13.5. The molecule has 10 heteroatoms. The Labute approximate surface area is 272 Å². The average Bonchev–Trinajstić information content (AvgIpc) is 3.47. The lowest BCUT2D eigenvalue weighted by Gasteiger charge is -2.70. The molecular weight excluding hydrogens is 592 g/mol. The van der Waals surface area contributed by atoms with Crippen molar-refractivity contribution in [1.82, 2.24) is 0 Å². The highest BCUT2D eigenvalue weighted by Gasteiger charge is 2.74. The van der Waals surface area contributed by atoms with E-state index in [4.69, 9.17) is 14.2 Å². The molecule has 4 saturated carbocycles. The molecule has 4 unspecified atom stereocenters. The number of aliphatic carboxylic acids is 1. The zero-order valence-electron chi connectivity index (χ0n) is 28.4. The third-order valence-corrected chi connectivity index (χ3v) is 15.1. The zero-order valence-corrected chi connectivity index (χ0v) is 28.4. The van der Waals surface area contributed by atoms with E-state index in [9.17, 15) is 35.1 Å². The second-order valence-electron chi connectivity index (χ2n) is 17.1. The molecule has 2 saturated heterocycles. The minimum Gasteiger partial charge on any atom is -0.481 e. The molecule has 0 aromatic heterocycles. The summed E-state index contributed by atoms with van der Waals surface area (Å²) in [7, 11) is 0. The van der Waals surface area contributed by atoms with E-state index in [-0.39, 0.29) is 52.3 Å². The van der Waals surface area contributed by atoms with Crippen molar-refractivity contribution in [2.24, 2.45) is 51.2 Å². The number of aliphatic hydroxyl groups is 4. The summed E-state index contributed by atoms with van der Waals surface area (Å²) in [6.07, 6.45) is -1.10. The van der Waals surface area contributed by atoms with Crippen LogP contribution in [0.15, 0.2) is 12.2 Å². The van der Waals surface area contributed by atoms with Crippen LogP contribution in [0.3, 0.4) is 0 Å². The van der Waals surface area contributed by atoms with E-state index in [0.717, 1.165) is 50.5 Å². The fraction of sp³-hybridized carbons (Fsp3) is 0.889. The number of carbonyl (C=O) groups excluding carboxylic acids is 1. The van der Waals surface area contributed by atoms with Crippen molar-refractivity contribution in [3.05, 3.63) is 12.2 Å². The van der Waals surface area contributed by atoms with E-state index >= 15 is 0 Å². The summed E-state index contributed by atoms with van der Waals surface area (Å²) in [4.78, 5) is 26.5. The van der Waals surface area contributed by atoms with Crippen molar-refractivity contribution in [2.45, 2.75) is 142 Å². The molecule has 0 spiro atoms. The van der Waals surface area contributed by atoms with Gasteiger partial charge in [0, 0.05) is 5.41 Å². The Hall–Kier alpha value is -1.56. The predicted molar refractivity (Wildman–Crippen MR) is 167 cm³/mol. The van der Waals surface area contributed by atoms with Gasteiger partial charge in [0.2, 0.25) is 6.29 Å². The van der Waals surface area contributed by atoms with Crippen molar-refractivity contribution >= 4 is 11.9 Å². The maximum Gasteiger partial charge on any atom is 0.310 e. The largest absolute Gasteiger partial charge is 0.481 e. The molecule has 46 heavy (non-hydrogen) atoms. The van der Waals surface area contributed by atoms with Gasteiger partial charge in [0.25, 0.3) is 0 Å². The summed E-state index contributed by atoms with van der Waals surface area (Å²) in [5.41, 5.74) is -0.624. The SMILES string of the molecule is C=C(C)[C@@H]1CC[C@]2(C(=O)O)CC[C@]3(C)C(CCC4[C@]5(C)C(CC[C@]43C)C(C)(C)O[C@@H]5CC(=O)O[C@@H]3O[C@H](CO)[C@@H](O)[C@H](O)[C@H]3O)C12. The van der Waals surface area contributed by atoms with Crippen LogP contribution in [-0.4, -0.2) is 86.5 Å². The van der Waals surface area contributed by atoms with E-state index in [1.807, 2.05) is 0 Å². The molecule has 10 nitrogen and oxygen atoms in total. The summed E-state index contributed by atoms with van der Waals surface area (Å²) in [5, 5.41) is 51.0. The number of hydrogen-bond acceptors (Lipinski definition) is 9. The lowest BCUT2D eigenvalue weighted by Crippen LogP contribution is -2.66. The van der Waals surface area contributed by atoms with E-state index in [2.05, 4.69) is 48.1 Å². The second-order valence-corrected chi connectivity index (χ2v) is 17.1. The molecule has 4 aliphatic carbocycles. The predicted octanol–water partition coefficient (Wildman–Crippen LogP) is 3.82. The van der Waals surface area contributed by atoms with Gasteiger partial charge in [-0.1, -0.05) is 32.9 Å². The third-order valence-electron chi connectivity index (χ3n) is 15.1. The van der Waals surface area contributed by atoms with Crippen LogP contribution in [0, 0.1) is 51.2 Å². The Morgan fingerprint density at radius 2 is 1.57 bits per heavy atom. The monoisotopic (exact) mass is 648 g/mol. The average molecular weight is 649 g/mol. The van der Waals surface area contributed by atoms with Gasteiger partial charge >= 0.3 is 11.9 Å². The lowest BCUT2D eigenvalue weighted by molar-refractivity contribution is -0.293. The Morgan fingerprint density at radius 1 is 0.870 bits per heavy atom. The molecule has 6 fully saturated rings. The normalized spacial score (nSPS) is 52.5. The van der Waals surface area contributed by atoms with Crippen LogP contribution < -0.4 is 0 Å². The number of carbonyl (C=O) groups is 2. The number of rotatable bonds is 6. The van der Waals surface area contributed by atoms with Gasteiger partial charge in [0.05, 0.1) is 30.1 Å². The van der Waals surface area contributed by atoms with Gasteiger partial charge in [-0.2, -0.15) is 0 Å². The second kappa shape index (κ2) is 11.2. The molecule has 0 radical (unpaired) electrons. The fourth-order valence-corrected chi connectivity index (χ4v) is 12.7. The van der Waals surface area contributed by atoms with Gasteiger partial charge in [0.1, 0.15) is 24.4 Å². The maximum atomic E-state index is 13.5. The Morgan fingerprint density at radius 3 is 2.20 bits per heavy atom. The van der Waals surface area contributed by atoms with Gasteiger partial charge in [0.15, 0.2) is 0 Å². The number of carboxylic acid groups (broad SMARTS) is 1. The standard InChI is InChI=1S/C36H56O10/c1-18(2)19-10-13-36(31(42)43)15-14-33(5)20(26(19)36)8-9-23-34(33,6)12-11-22-32(3,4)46-24(35(22,23)7)16-25(38)45-30-29(41)28(40)27(39)21(17-37)44-30/h19-24,26-30,37,39-41H,1,8-17H2,2-7H3,(H,42,43)/t19-,20?,21+,22?,23?,24+,26?,27+,28-,29+,30-,33+,34+,35-,36-/m0/s1. The molecule has 5 N–H and O–H groups in total. The molecule has 0 aromatic rings. The van der Waals surface area contributed by atoms with Crippen LogP contribution in [0.2, 0.25) is 0 Å². The van der Waals surface area contributed by atoms with Crippen molar-refractivity contribution in [1.29, 1.82) is 0 Å². The molecule has 0 bridgehead atoms. The van der Waals surface area contributed by atoms with Gasteiger partial charge in [-0.15, -0.1) is 0 Å². The van der Waals surface area contributed by atoms with Crippen LogP contribution in [0.5, 0.6) is 0 Å². The fourth-order valence-electron chi connectivity index (χ4n) is 12.7. The zero-order chi connectivity index (χ0) is 33.8. The molecule has 6 rings (SSSR count). The molecule has 6 aliphatic rings. The number of hydrogen-bond donors (Lipinski definition) is 5. The molecule has 0 aromatic carbocycles. The van der Waals surface area contributed by atoms with Crippen LogP contribution >= 0.6 is 0 Å². The summed E-state index contributed by atoms with van der Waals surface area (Å²) in [6, 6.07) is 0. The lowest BCUT2D eigenvalue weighted by atomic mass is 9.33. The number of carboxylic acids is 1. The van der Waals surface area contributed by atoms with E-state index in [1.54, 1.807) is 0 Å². The van der Waals surface area contributed by atoms with Crippen molar-refractivity contribution in [3.8, 4) is 0 Å². The molecule has 15 atom stereocenters. The Balaban J connectivity index is 1.29. The smallest absolute Gasteiger partial charge is 0.310 e. The highest BCUT2D eigenvalue weighted by Crippen LogP contribution is 2.77. The van der Waals surface area contributed by atoms with Gasteiger partial charge < -0.3 is 39.7 Å². The first kappa shape index (κ1) is 34.3. The van der Waals surface area contributed by atoms with Crippen molar-refractivity contribution < 1.29 is 49.3 Å². The van der Waals surface area contributed by atoms with Crippen molar-refractivity contribution in [2.75, 3.05) is 6.61 Å². The third kappa shape index (κ3) is 4.56. The first-order chi connectivity index (χ1) is 21.4. The summed E-state index contributed by atoms with van der Waals surface area (Å²) >= 11 is 0. The minimum atomic E-state index is -1.66. The van der Waals surface area contributed by atoms with E-state index < -0.39 is 66.4 Å². The van der Waals surface area contributed by atoms with Gasteiger partial charge in [-0.25, -0.2) is 0 Å². The number of ether oxygens (including phenoxy) is 3. The molecular formula is C36H56O10. The first-order valence-corrected chi connectivity index (χ1v) is 17.5. The van der Waals surface area contributed by atoms with Gasteiger partial charge in [-0.05, 0) is 113 Å². The molecule has 0 amide bonds. The summed E-state index contributed by atoms with van der Waals surface area (Å²) < 4.78 is 17.8. The number of fused-ring (bicyclic) bond motifs is 7.